The van der Waals surface area contributed by atoms with Crippen LogP contribution in [-0.4, -0.2) is 8.07 Å². The minimum absolute atomic E-state index is 0. The normalized spacial score (nSPS) is 6.95. The van der Waals surface area contributed by atoms with E-state index in [0.29, 0.717) is 0 Å². The molecular formula is C29H20Co2O6Si. The molecule has 194 valence electrons. The van der Waals surface area contributed by atoms with Gasteiger partial charge < -0.3 is 0 Å². The SMILES string of the molecule is C=CC[Si](C#Cc1ccccc1)(c1ccccc1)c1ccccc1.[C-]#[O+].[C-]#[O+].[C-]#[O+].[C-]#[O+].[C-]#[O+].[C-]#[O+].[Co].[Co]. The van der Waals surface area contributed by atoms with Crippen molar-refractivity contribution < 1.29 is 61.5 Å². The fourth-order valence-electron chi connectivity index (χ4n) is 2.96. The van der Waals surface area contributed by atoms with Gasteiger partial charge in [-0.05, 0) is 28.6 Å². The smallest absolute Gasteiger partial charge is 0 e. The van der Waals surface area contributed by atoms with Crippen LogP contribution >= 0.6 is 0 Å². The van der Waals surface area contributed by atoms with Crippen LogP contribution < -0.4 is 10.4 Å². The molecule has 0 unspecified atom stereocenters. The first-order valence-corrected chi connectivity index (χ1v) is 11.6. The van der Waals surface area contributed by atoms with E-state index in [-0.39, 0.29) is 33.6 Å². The van der Waals surface area contributed by atoms with Crippen LogP contribution in [0, 0.1) is 51.4 Å². The summed E-state index contributed by atoms with van der Waals surface area (Å²) in [4.78, 5) is 0. The monoisotopic (exact) mass is 610 g/mol. The largest absolute Gasteiger partial charge is 0 e. The van der Waals surface area contributed by atoms with Crippen molar-refractivity contribution in [1.82, 2.24) is 0 Å². The molecule has 0 aromatic heterocycles. The van der Waals surface area contributed by atoms with Crippen LogP contribution in [0.3, 0.4) is 0 Å². The van der Waals surface area contributed by atoms with Crippen molar-refractivity contribution in [3.05, 3.63) is 149 Å². The predicted octanol–water partition coefficient (Wildman–Crippen LogP) is 3.80. The van der Waals surface area contributed by atoms with Crippen LogP contribution in [-0.2, 0) is 61.5 Å². The Labute approximate surface area is 245 Å². The summed E-state index contributed by atoms with van der Waals surface area (Å²) in [5.74, 6) is 3.43. The number of rotatable bonds is 4. The molecule has 6 nitrogen and oxygen atoms in total. The van der Waals surface area contributed by atoms with Gasteiger partial charge in [-0.25, -0.2) is 0 Å². The Bertz CT molecular complexity index is 1040. The topological polar surface area (TPSA) is 119 Å². The maximum atomic E-state index is 7.50. The van der Waals surface area contributed by atoms with Crippen molar-refractivity contribution in [2.24, 2.45) is 0 Å². The van der Waals surface area contributed by atoms with Crippen LogP contribution in [0.5, 0.6) is 0 Å². The Hall–Kier alpha value is -3.37. The summed E-state index contributed by atoms with van der Waals surface area (Å²) in [6.07, 6.45) is 2.02. The quantitative estimate of drug-likeness (QED) is 0.141. The summed E-state index contributed by atoms with van der Waals surface area (Å²) >= 11 is 0. The molecule has 9 heteroatoms. The Balaban J connectivity index is -0.000000162. The zero-order valence-corrected chi connectivity index (χ0v) is 22.9. The predicted molar refractivity (Wildman–Crippen MR) is 130 cm³/mol. The van der Waals surface area contributed by atoms with E-state index in [1.165, 1.54) is 10.4 Å². The average Bonchev–Trinajstić information content (AvgIpc) is 3.03. The second-order valence-electron chi connectivity index (χ2n) is 5.75. The van der Waals surface area contributed by atoms with Crippen LogP contribution in [0.2, 0.25) is 6.04 Å². The third-order valence-electron chi connectivity index (χ3n) is 4.18. The fourth-order valence-corrected chi connectivity index (χ4v) is 6.47. The maximum absolute atomic E-state index is 7.50. The van der Waals surface area contributed by atoms with E-state index in [0.717, 1.165) is 11.6 Å². The Morgan fingerprint density at radius 1 is 0.553 bits per heavy atom. The molecule has 2 radical (unpaired) electrons. The van der Waals surface area contributed by atoms with Crippen molar-refractivity contribution in [3.63, 3.8) is 0 Å². The van der Waals surface area contributed by atoms with E-state index in [9.17, 15) is 0 Å². The van der Waals surface area contributed by atoms with Gasteiger partial charge in [-0.15, -0.1) is 12.1 Å². The summed E-state index contributed by atoms with van der Waals surface area (Å²) in [5, 5.41) is 2.67. The summed E-state index contributed by atoms with van der Waals surface area (Å²) in [6, 6.07) is 32.5. The number of benzene rings is 3. The first-order valence-electron chi connectivity index (χ1n) is 9.38. The molecule has 0 heterocycles. The van der Waals surface area contributed by atoms with Crippen LogP contribution in [0.15, 0.2) is 104 Å². The van der Waals surface area contributed by atoms with Crippen LogP contribution in [0.25, 0.3) is 0 Å². The molecule has 0 aliphatic heterocycles. The van der Waals surface area contributed by atoms with E-state index >= 15 is 0 Å². The molecule has 3 rings (SSSR count). The molecule has 0 atom stereocenters. The van der Waals surface area contributed by atoms with Gasteiger partial charge in [0.05, 0.1) is 0 Å². The Kier molecular flexibility index (Phi) is 48.0. The molecular weight excluding hydrogens is 590 g/mol. The first-order chi connectivity index (χ1) is 17.8. The Morgan fingerprint density at radius 3 is 1.13 bits per heavy atom. The van der Waals surface area contributed by atoms with Gasteiger partial charge >= 0.3 is 67.8 Å². The van der Waals surface area contributed by atoms with Crippen molar-refractivity contribution in [3.8, 4) is 11.5 Å². The van der Waals surface area contributed by atoms with Gasteiger partial charge in [0.25, 0.3) is 0 Å². The van der Waals surface area contributed by atoms with Crippen molar-refractivity contribution in [2.75, 3.05) is 0 Å². The van der Waals surface area contributed by atoms with Crippen molar-refractivity contribution in [2.45, 2.75) is 6.04 Å². The van der Waals surface area contributed by atoms with Gasteiger partial charge in [0, 0.05) is 39.1 Å². The van der Waals surface area contributed by atoms with Crippen LogP contribution in [0.4, 0.5) is 0 Å². The molecule has 0 aliphatic carbocycles. The van der Waals surface area contributed by atoms with Crippen molar-refractivity contribution >= 4 is 18.4 Å². The number of allylic oxidation sites excluding steroid dienone is 1. The van der Waals surface area contributed by atoms with E-state index in [1.807, 2.05) is 24.3 Å². The molecule has 0 saturated carbocycles. The summed E-state index contributed by atoms with van der Waals surface area (Å²) < 4.78 is 45.0. The molecule has 0 fully saturated rings. The summed E-state index contributed by atoms with van der Waals surface area (Å²) in [5.41, 5.74) is 4.76. The van der Waals surface area contributed by atoms with E-state index in [2.05, 4.69) is 131 Å². The second-order valence-corrected chi connectivity index (χ2v) is 9.37. The third kappa shape index (κ3) is 18.0. The minimum atomic E-state index is -2.21. The number of hydrogen-bond acceptors (Lipinski definition) is 0. The van der Waals surface area contributed by atoms with Gasteiger partial charge in [0.15, 0.2) is 0 Å². The Morgan fingerprint density at radius 2 is 0.842 bits per heavy atom. The van der Waals surface area contributed by atoms with E-state index in [4.69, 9.17) is 27.9 Å². The molecule has 0 spiro atoms. The molecule has 38 heavy (non-hydrogen) atoms. The molecule has 0 N–H and O–H groups in total. The molecule has 0 amide bonds. The zero-order valence-electron chi connectivity index (χ0n) is 19.8. The molecule has 3 aromatic carbocycles. The summed E-state index contributed by atoms with van der Waals surface area (Å²) in [7, 11) is -2.21. The van der Waals surface area contributed by atoms with E-state index < -0.39 is 8.07 Å². The number of hydrogen-bond donors (Lipinski definition) is 0. The first kappa shape index (κ1) is 47.8. The van der Waals surface area contributed by atoms with Gasteiger partial charge in [-0.1, -0.05) is 90.9 Å². The molecule has 0 saturated heterocycles. The average molecular weight is 610 g/mol. The van der Waals surface area contributed by atoms with Gasteiger partial charge in [0.1, 0.15) is 0 Å². The van der Waals surface area contributed by atoms with Gasteiger partial charge in [-0.3, -0.25) is 0 Å². The zero-order chi connectivity index (χ0) is 28.7. The van der Waals surface area contributed by atoms with Gasteiger partial charge in [0.2, 0.25) is 8.07 Å². The molecule has 0 aliphatic rings. The van der Waals surface area contributed by atoms with Crippen molar-refractivity contribution in [1.29, 1.82) is 0 Å². The minimum Gasteiger partial charge on any atom is 0 e. The standard InChI is InChI=1S/C23H20Si.6CO.2Co/c1-2-19-24(22-14-8-4-9-15-22,23-16-10-5-11-17-23)20-18-21-12-6-3-7-13-21;6*1-2;;/h2-17H,1,19H2;;;;;;;;. The van der Waals surface area contributed by atoms with Crippen LogP contribution in [0.1, 0.15) is 5.56 Å². The molecule has 3 aromatic rings. The third-order valence-corrected chi connectivity index (χ3v) is 8.27. The summed E-state index contributed by atoms with van der Waals surface area (Å²) in [6.45, 7) is 31.0. The van der Waals surface area contributed by atoms with Gasteiger partial charge in [-0.2, -0.15) is 0 Å². The second kappa shape index (κ2) is 38.2. The maximum Gasteiger partial charge on any atom is 0 e. The molecule has 0 bridgehead atoms. The fraction of sp³-hybridized carbons (Fsp3) is 0.0345. The van der Waals surface area contributed by atoms with E-state index in [1.54, 1.807) is 0 Å².